The smallest absolute Gasteiger partial charge is 0.264 e. The number of nitrogens with zero attached hydrogens (tertiary/aromatic N) is 2. The van der Waals surface area contributed by atoms with E-state index in [4.69, 9.17) is 9.47 Å². The third kappa shape index (κ3) is 9.11. The third-order valence-electron chi connectivity index (χ3n) is 7.30. The average Bonchev–Trinajstić information content (AvgIpc) is 3.06. The molecule has 1 atom stereocenters. The second-order valence-electron chi connectivity index (χ2n) is 11.0. The maximum atomic E-state index is 14.5. The first-order valence-corrected chi connectivity index (χ1v) is 17.0. The molecule has 0 heterocycles. The van der Waals surface area contributed by atoms with Crippen LogP contribution >= 0.6 is 15.9 Å². The van der Waals surface area contributed by atoms with Crippen molar-refractivity contribution < 1.29 is 31.9 Å². The van der Waals surface area contributed by atoms with Gasteiger partial charge in [-0.2, -0.15) is 0 Å². The first-order valence-electron chi connectivity index (χ1n) is 14.8. The van der Waals surface area contributed by atoms with Crippen LogP contribution < -0.4 is 19.1 Å². The number of nitrogens with one attached hydrogen (secondary N) is 1. The molecule has 0 aliphatic rings. The normalized spacial score (nSPS) is 11.9. The lowest BCUT2D eigenvalue weighted by Crippen LogP contribution is -2.54. The highest BCUT2D eigenvalue weighted by Gasteiger charge is 2.35. The molecule has 9 nitrogen and oxygen atoms in total. The highest BCUT2D eigenvalue weighted by atomic mass is 79.9. The molecule has 0 bridgehead atoms. The van der Waals surface area contributed by atoms with E-state index in [2.05, 4.69) is 21.2 Å². The van der Waals surface area contributed by atoms with Gasteiger partial charge in [0.25, 0.3) is 10.0 Å². The number of sulfonamides is 1. The number of halogens is 2. The molecule has 1 N–H and O–H groups in total. The van der Waals surface area contributed by atoms with E-state index in [-0.39, 0.29) is 41.2 Å². The predicted octanol–water partition coefficient (Wildman–Crippen LogP) is 5.97. The molecule has 12 heteroatoms. The van der Waals surface area contributed by atoms with Crippen LogP contribution in [0.2, 0.25) is 0 Å². The lowest BCUT2D eigenvalue weighted by atomic mass is 10.0. The lowest BCUT2D eigenvalue weighted by Gasteiger charge is -2.34. The van der Waals surface area contributed by atoms with Crippen molar-refractivity contribution in [2.24, 2.45) is 0 Å². The summed E-state index contributed by atoms with van der Waals surface area (Å²) in [4.78, 5) is 29.5. The first kappa shape index (κ1) is 35.4. The minimum absolute atomic E-state index is 0.0167. The van der Waals surface area contributed by atoms with Crippen molar-refractivity contribution in [1.29, 1.82) is 0 Å². The fourth-order valence-corrected chi connectivity index (χ4v) is 6.66. The Balaban J connectivity index is 1.82. The van der Waals surface area contributed by atoms with Gasteiger partial charge in [-0.25, -0.2) is 12.8 Å². The number of carbonyl (C=O) groups excluding carboxylic acids is 2. The van der Waals surface area contributed by atoms with E-state index in [1.165, 1.54) is 49.5 Å². The van der Waals surface area contributed by atoms with Gasteiger partial charge >= 0.3 is 0 Å². The molecule has 0 aliphatic heterocycles. The van der Waals surface area contributed by atoms with Crippen molar-refractivity contribution in [3.8, 4) is 11.5 Å². The van der Waals surface area contributed by atoms with E-state index in [1.807, 2.05) is 68.4 Å². The lowest BCUT2D eigenvalue weighted by molar-refractivity contribution is -0.140. The minimum Gasteiger partial charge on any atom is -0.493 e. The molecule has 4 aromatic carbocycles. The van der Waals surface area contributed by atoms with E-state index in [0.29, 0.717) is 5.75 Å². The summed E-state index contributed by atoms with van der Waals surface area (Å²) in [6.45, 7) is 2.98. The van der Waals surface area contributed by atoms with Gasteiger partial charge in [-0.1, -0.05) is 58.4 Å². The van der Waals surface area contributed by atoms with Gasteiger partial charge in [0, 0.05) is 29.5 Å². The predicted molar refractivity (Wildman–Crippen MR) is 182 cm³/mol. The number of rotatable bonds is 14. The van der Waals surface area contributed by atoms with Crippen LogP contribution in [0.5, 0.6) is 11.5 Å². The number of methoxy groups -OCH3 is 2. The summed E-state index contributed by atoms with van der Waals surface area (Å²) in [6, 6.07) is 24.2. The highest BCUT2D eigenvalue weighted by molar-refractivity contribution is 9.10. The van der Waals surface area contributed by atoms with Crippen LogP contribution in [-0.4, -0.2) is 58.0 Å². The molecule has 0 saturated heterocycles. The molecule has 0 radical (unpaired) electrons. The Kier molecular flexibility index (Phi) is 12.0. The van der Waals surface area contributed by atoms with Gasteiger partial charge in [0.15, 0.2) is 11.5 Å². The van der Waals surface area contributed by atoms with Crippen LogP contribution in [-0.2, 0) is 32.6 Å². The summed E-state index contributed by atoms with van der Waals surface area (Å²) in [5, 5.41) is 2.92. The number of hydrogen-bond donors (Lipinski definition) is 1. The molecule has 2 amide bonds. The number of hydrogen-bond acceptors (Lipinski definition) is 6. The van der Waals surface area contributed by atoms with E-state index in [1.54, 1.807) is 0 Å². The maximum absolute atomic E-state index is 14.5. The van der Waals surface area contributed by atoms with Crippen LogP contribution in [0.1, 0.15) is 25.0 Å². The Morgan fingerprint density at radius 3 is 2.09 bits per heavy atom. The zero-order valence-electron chi connectivity index (χ0n) is 26.5. The van der Waals surface area contributed by atoms with Crippen LogP contribution in [0.25, 0.3) is 0 Å². The van der Waals surface area contributed by atoms with Crippen molar-refractivity contribution in [2.45, 2.75) is 43.8 Å². The summed E-state index contributed by atoms with van der Waals surface area (Å²) in [5.74, 6) is -1.11. The van der Waals surface area contributed by atoms with Gasteiger partial charge < -0.3 is 19.7 Å². The van der Waals surface area contributed by atoms with Crippen molar-refractivity contribution >= 4 is 43.5 Å². The Hall–Kier alpha value is -4.42. The zero-order valence-corrected chi connectivity index (χ0v) is 28.9. The molecular weight excluding hydrogens is 689 g/mol. The molecular formula is C35H37BrFN3O6S. The molecule has 0 aliphatic carbocycles. The maximum Gasteiger partial charge on any atom is 0.264 e. The van der Waals surface area contributed by atoms with Crippen LogP contribution in [0.4, 0.5) is 10.1 Å². The van der Waals surface area contributed by atoms with Crippen molar-refractivity contribution in [3.05, 3.63) is 118 Å². The Morgan fingerprint density at radius 2 is 1.49 bits per heavy atom. The van der Waals surface area contributed by atoms with Gasteiger partial charge in [0.05, 0.1) is 24.8 Å². The Labute approximate surface area is 283 Å². The van der Waals surface area contributed by atoms with Gasteiger partial charge in [-0.15, -0.1) is 0 Å². The Bertz CT molecular complexity index is 1770. The standard InChI is InChI=1S/C35H37BrFN3O6S/c1-24(2)38-35(42)31(20-25-8-6-5-7-9-25)39(22-26-10-12-27(36)13-11-26)34(41)23-40(29-16-14-28(37)15-17-29)47(43,44)30-18-19-32(45-3)33(21-30)46-4/h5-19,21,24,31H,20,22-23H2,1-4H3,(H,38,42). The Morgan fingerprint density at radius 1 is 0.851 bits per heavy atom. The van der Waals surface area contributed by atoms with Gasteiger partial charge in [0.2, 0.25) is 11.8 Å². The van der Waals surface area contributed by atoms with Gasteiger partial charge in [0.1, 0.15) is 18.4 Å². The summed E-state index contributed by atoms with van der Waals surface area (Å²) < 4.78 is 54.9. The van der Waals surface area contributed by atoms with Crippen LogP contribution in [0.15, 0.2) is 106 Å². The molecule has 47 heavy (non-hydrogen) atoms. The topological polar surface area (TPSA) is 105 Å². The average molecular weight is 727 g/mol. The fraction of sp³-hybridized carbons (Fsp3) is 0.257. The number of anilines is 1. The van der Waals surface area contributed by atoms with Gasteiger partial charge in [-0.05, 0) is 73.5 Å². The number of amides is 2. The van der Waals surface area contributed by atoms with E-state index >= 15 is 0 Å². The number of benzene rings is 4. The van der Waals surface area contributed by atoms with Crippen molar-refractivity contribution in [2.75, 3.05) is 25.1 Å². The van der Waals surface area contributed by atoms with E-state index in [9.17, 15) is 22.4 Å². The second-order valence-corrected chi connectivity index (χ2v) is 13.8. The van der Waals surface area contributed by atoms with Crippen molar-refractivity contribution in [1.82, 2.24) is 10.2 Å². The second kappa shape index (κ2) is 15.9. The van der Waals surface area contributed by atoms with E-state index in [0.717, 1.165) is 32.0 Å². The monoisotopic (exact) mass is 725 g/mol. The summed E-state index contributed by atoms with van der Waals surface area (Å²) >= 11 is 3.43. The molecule has 248 valence electrons. The molecule has 0 spiro atoms. The van der Waals surface area contributed by atoms with Crippen molar-refractivity contribution in [3.63, 3.8) is 0 Å². The molecule has 4 rings (SSSR count). The molecule has 0 saturated carbocycles. The third-order valence-corrected chi connectivity index (χ3v) is 9.60. The highest BCUT2D eigenvalue weighted by Crippen LogP contribution is 2.32. The SMILES string of the molecule is COc1ccc(S(=O)(=O)N(CC(=O)N(Cc2ccc(Br)cc2)C(Cc2ccccc2)C(=O)NC(C)C)c2ccc(F)cc2)cc1OC. The van der Waals surface area contributed by atoms with E-state index < -0.39 is 34.3 Å². The summed E-state index contributed by atoms with van der Waals surface area (Å²) in [6.07, 6.45) is 0.181. The molecule has 1 unspecified atom stereocenters. The first-order chi connectivity index (χ1) is 22.4. The number of carbonyl (C=O) groups is 2. The molecule has 0 fully saturated rings. The fourth-order valence-electron chi connectivity index (χ4n) is 4.96. The van der Waals surface area contributed by atoms with Gasteiger partial charge in [-0.3, -0.25) is 13.9 Å². The molecule has 0 aromatic heterocycles. The summed E-state index contributed by atoms with van der Waals surface area (Å²) in [5.41, 5.74) is 1.61. The quantitative estimate of drug-likeness (QED) is 0.172. The van der Waals surface area contributed by atoms with Crippen LogP contribution in [0.3, 0.4) is 0 Å². The largest absolute Gasteiger partial charge is 0.493 e. The zero-order chi connectivity index (χ0) is 34.1. The minimum atomic E-state index is -4.43. The number of ether oxygens (including phenoxy) is 2. The summed E-state index contributed by atoms with van der Waals surface area (Å²) in [7, 11) is -1.63. The molecule has 4 aromatic rings. The van der Waals surface area contributed by atoms with Crippen LogP contribution in [0, 0.1) is 5.82 Å².